The Morgan fingerprint density at radius 2 is 1.79 bits per heavy atom. The van der Waals surface area contributed by atoms with E-state index in [0.717, 1.165) is 25.8 Å². The second-order valence-corrected chi connectivity index (χ2v) is 6.55. The van der Waals surface area contributed by atoms with Crippen LogP contribution in [0.2, 0.25) is 0 Å². The number of hydrogen-bond acceptors (Lipinski definition) is 7. The zero-order chi connectivity index (χ0) is 20.6. The maximum Gasteiger partial charge on any atom is 0.305 e. The van der Waals surface area contributed by atoms with E-state index in [1.165, 1.54) is 0 Å². The molecule has 0 radical (unpaired) electrons. The zero-order valence-electron chi connectivity index (χ0n) is 16.6. The summed E-state index contributed by atoms with van der Waals surface area (Å²) in [5.41, 5.74) is 0. The largest absolute Gasteiger partial charge is 0.481 e. The van der Waals surface area contributed by atoms with Crippen molar-refractivity contribution in [2.24, 2.45) is 0 Å². The van der Waals surface area contributed by atoms with E-state index in [-0.39, 0.29) is 25.0 Å². The van der Waals surface area contributed by atoms with Gasteiger partial charge in [0.2, 0.25) is 12.3 Å². The molecule has 0 spiro atoms. The van der Waals surface area contributed by atoms with E-state index in [2.05, 4.69) is 10.2 Å². The molecule has 2 N–H and O–H groups in total. The lowest BCUT2D eigenvalue weighted by Crippen LogP contribution is -2.46. The minimum absolute atomic E-state index is 0.00427. The van der Waals surface area contributed by atoms with Crippen molar-refractivity contribution < 1.29 is 33.7 Å². The minimum Gasteiger partial charge on any atom is -0.481 e. The summed E-state index contributed by atoms with van der Waals surface area (Å²) in [6.07, 6.45) is 2.60. The standard InChI is InChI=1S/C18H33N3O7/c1-20(15-22)7-8-21-6-2-3-16(21)18(25)19-5-10-27-12-14-28-13-11-26-9-4-17(23)24/h15-16H,2-14H2,1H3,(H,19,25)(H,23,24). The van der Waals surface area contributed by atoms with Gasteiger partial charge in [0.15, 0.2) is 0 Å². The van der Waals surface area contributed by atoms with Crippen molar-refractivity contribution >= 4 is 18.3 Å². The van der Waals surface area contributed by atoms with E-state index < -0.39 is 5.97 Å². The molecule has 2 amide bonds. The Hall–Kier alpha value is -1.75. The van der Waals surface area contributed by atoms with Crippen molar-refractivity contribution in [2.45, 2.75) is 25.3 Å². The molecule has 1 unspecified atom stereocenters. The number of nitrogens with zero attached hydrogens (tertiary/aromatic N) is 2. The summed E-state index contributed by atoms with van der Waals surface area (Å²) in [5.74, 6) is -0.878. The number of carbonyl (C=O) groups excluding carboxylic acids is 2. The van der Waals surface area contributed by atoms with Gasteiger partial charge in [-0.25, -0.2) is 0 Å². The van der Waals surface area contributed by atoms with Crippen LogP contribution in [0.15, 0.2) is 0 Å². The summed E-state index contributed by atoms with van der Waals surface area (Å²) in [4.78, 5) is 36.9. The Balaban J connectivity index is 1.97. The fraction of sp³-hybridized carbons (Fsp3) is 0.833. The molecule has 10 heteroatoms. The van der Waals surface area contributed by atoms with Crippen molar-refractivity contribution in [3.63, 3.8) is 0 Å². The van der Waals surface area contributed by atoms with Gasteiger partial charge in [0.05, 0.1) is 52.1 Å². The number of likely N-dealkylation sites (N-methyl/N-ethyl adjacent to an activating group) is 1. The minimum atomic E-state index is -0.882. The molecule has 1 atom stereocenters. The third-order valence-corrected chi connectivity index (χ3v) is 4.34. The molecule has 10 nitrogen and oxygen atoms in total. The molecule has 1 aliphatic heterocycles. The highest BCUT2D eigenvalue weighted by molar-refractivity contribution is 5.82. The molecule has 1 saturated heterocycles. The lowest BCUT2D eigenvalue weighted by molar-refractivity contribution is -0.138. The third kappa shape index (κ3) is 11.2. The highest BCUT2D eigenvalue weighted by Crippen LogP contribution is 2.16. The van der Waals surface area contributed by atoms with Gasteiger partial charge in [-0.3, -0.25) is 19.3 Å². The number of likely N-dealkylation sites (tertiary alicyclic amines) is 1. The number of hydrogen-bond donors (Lipinski definition) is 2. The van der Waals surface area contributed by atoms with Crippen LogP contribution in [0.3, 0.4) is 0 Å². The summed E-state index contributed by atoms with van der Waals surface area (Å²) < 4.78 is 15.8. The Bertz CT molecular complexity index is 464. The first-order valence-corrected chi connectivity index (χ1v) is 9.67. The summed E-state index contributed by atoms with van der Waals surface area (Å²) in [6, 6.07) is -0.135. The van der Waals surface area contributed by atoms with Crippen molar-refractivity contribution in [1.29, 1.82) is 0 Å². The van der Waals surface area contributed by atoms with Crippen LogP contribution >= 0.6 is 0 Å². The highest BCUT2D eigenvalue weighted by atomic mass is 16.5. The quantitative estimate of drug-likeness (QED) is 0.239. The molecule has 0 saturated carbocycles. The average molecular weight is 403 g/mol. The van der Waals surface area contributed by atoms with Crippen LogP contribution in [0, 0.1) is 0 Å². The van der Waals surface area contributed by atoms with Crippen LogP contribution in [-0.2, 0) is 28.6 Å². The molecule has 0 aromatic heterocycles. The number of ether oxygens (including phenoxy) is 3. The fourth-order valence-electron chi connectivity index (χ4n) is 2.80. The fourth-order valence-corrected chi connectivity index (χ4v) is 2.80. The van der Waals surface area contributed by atoms with E-state index in [4.69, 9.17) is 19.3 Å². The second kappa shape index (κ2) is 15.2. The molecular weight excluding hydrogens is 370 g/mol. The van der Waals surface area contributed by atoms with E-state index in [1.54, 1.807) is 11.9 Å². The molecule has 1 heterocycles. The predicted octanol–water partition coefficient (Wildman–Crippen LogP) is -0.820. The van der Waals surface area contributed by atoms with Crippen LogP contribution in [0.5, 0.6) is 0 Å². The number of carboxylic acids is 1. The Morgan fingerprint density at radius 3 is 2.43 bits per heavy atom. The van der Waals surface area contributed by atoms with Crippen molar-refractivity contribution in [1.82, 2.24) is 15.1 Å². The van der Waals surface area contributed by atoms with Gasteiger partial charge in [-0.05, 0) is 19.4 Å². The zero-order valence-corrected chi connectivity index (χ0v) is 16.6. The van der Waals surface area contributed by atoms with Gasteiger partial charge in [0, 0.05) is 26.7 Å². The van der Waals surface area contributed by atoms with Gasteiger partial charge in [0.25, 0.3) is 0 Å². The topological polar surface area (TPSA) is 118 Å². The van der Waals surface area contributed by atoms with Crippen molar-refractivity contribution in [3.8, 4) is 0 Å². The monoisotopic (exact) mass is 403 g/mol. The summed E-state index contributed by atoms with van der Waals surface area (Å²) in [6.45, 7) is 4.78. The third-order valence-electron chi connectivity index (χ3n) is 4.34. The van der Waals surface area contributed by atoms with Crippen LogP contribution in [0.4, 0.5) is 0 Å². The van der Waals surface area contributed by atoms with Gasteiger partial charge in [-0.2, -0.15) is 0 Å². The van der Waals surface area contributed by atoms with E-state index in [1.807, 2.05) is 0 Å². The van der Waals surface area contributed by atoms with Crippen LogP contribution in [-0.4, -0.2) is 112 Å². The van der Waals surface area contributed by atoms with E-state index in [0.29, 0.717) is 52.7 Å². The van der Waals surface area contributed by atoms with Gasteiger partial charge in [-0.1, -0.05) is 0 Å². The predicted molar refractivity (Wildman–Crippen MR) is 101 cm³/mol. The van der Waals surface area contributed by atoms with E-state index in [9.17, 15) is 14.4 Å². The number of carbonyl (C=O) groups is 3. The number of carboxylic acid groups (broad SMARTS) is 1. The molecule has 0 bridgehead atoms. The number of nitrogens with one attached hydrogen (secondary N) is 1. The first-order valence-electron chi connectivity index (χ1n) is 9.67. The molecule has 0 aromatic carbocycles. The van der Waals surface area contributed by atoms with Crippen molar-refractivity contribution in [3.05, 3.63) is 0 Å². The number of aliphatic carboxylic acids is 1. The highest BCUT2D eigenvalue weighted by Gasteiger charge is 2.30. The smallest absolute Gasteiger partial charge is 0.305 e. The lowest BCUT2D eigenvalue weighted by atomic mass is 10.2. The van der Waals surface area contributed by atoms with Crippen LogP contribution in [0.25, 0.3) is 0 Å². The molecule has 0 aliphatic carbocycles. The first-order chi connectivity index (χ1) is 13.5. The van der Waals surface area contributed by atoms with Gasteiger partial charge >= 0.3 is 5.97 Å². The maximum absolute atomic E-state index is 12.3. The Kier molecular flexibility index (Phi) is 13.2. The molecular formula is C18H33N3O7. The SMILES string of the molecule is CN(C=O)CCN1CCCC1C(=O)NCCOCCOCCOCCC(=O)O. The van der Waals surface area contributed by atoms with Crippen LogP contribution < -0.4 is 5.32 Å². The van der Waals surface area contributed by atoms with Gasteiger partial charge in [0.1, 0.15) is 0 Å². The average Bonchev–Trinajstić information content (AvgIpc) is 3.15. The first kappa shape index (κ1) is 24.3. The second-order valence-electron chi connectivity index (χ2n) is 6.55. The van der Waals surface area contributed by atoms with Crippen LogP contribution in [0.1, 0.15) is 19.3 Å². The molecule has 162 valence electrons. The lowest BCUT2D eigenvalue weighted by Gasteiger charge is -2.25. The molecule has 1 aliphatic rings. The van der Waals surface area contributed by atoms with Crippen molar-refractivity contribution in [2.75, 3.05) is 72.9 Å². The number of amides is 2. The van der Waals surface area contributed by atoms with Gasteiger partial charge in [-0.15, -0.1) is 0 Å². The van der Waals surface area contributed by atoms with E-state index >= 15 is 0 Å². The Morgan fingerprint density at radius 1 is 1.14 bits per heavy atom. The molecule has 1 rings (SSSR count). The normalized spacial score (nSPS) is 16.8. The Labute approximate surface area is 166 Å². The molecule has 0 aromatic rings. The summed E-state index contributed by atoms with van der Waals surface area (Å²) in [5, 5.41) is 11.3. The summed E-state index contributed by atoms with van der Waals surface area (Å²) >= 11 is 0. The number of rotatable bonds is 17. The summed E-state index contributed by atoms with van der Waals surface area (Å²) in [7, 11) is 1.73. The molecule has 28 heavy (non-hydrogen) atoms. The molecule has 1 fully saturated rings. The van der Waals surface area contributed by atoms with Gasteiger partial charge < -0.3 is 29.5 Å². The maximum atomic E-state index is 12.3.